The molecule has 1 amide bonds. The number of hydrogen-bond acceptors (Lipinski definition) is 4. The molecule has 0 radical (unpaired) electrons. The molecule has 0 unspecified atom stereocenters. The van der Waals surface area contributed by atoms with Crippen molar-refractivity contribution in [3.8, 4) is 0 Å². The van der Waals surface area contributed by atoms with Crippen molar-refractivity contribution >= 4 is 22.9 Å². The SMILES string of the molecule is [2H]C([2H])([2H])N(Cc1ccc(C(Cl)=NO)cc1)C(=O)OC(C)(C)C. The number of nitrogens with zero attached hydrogens (tertiary/aromatic N) is 2. The number of rotatable bonds is 3. The molecule has 6 heteroatoms. The van der Waals surface area contributed by atoms with Gasteiger partial charge in [0, 0.05) is 23.2 Å². The zero-order valence-corrected chi connectivity index (χ0v) is 12.3. The van der Waals surface area contributed by atoms with E-state index in [2.05, 4.69) is 5.16 Å². The van der Waals surface area contributed by atoms with Gasteiger partial charge in [-0.2, -0.15) is 0 Å². The summed E-state index contributed by atoms with van der Waals surface area (Å²) >= 11 is 5.67. The van der Waals surface area contributed by atoms with Crippen LogP contribution in [0.4, 0.5) is 4.79 Å². The molecule has 1 aromatic carbocycles. The fraction of sp³-hybridized carbons (Fsp3) is 0.429. The maximum absolute atomic E-state index is 12.1. The van der Waals surface area contributed by atoms with Crippen LogP contribution < -0.4 is 0 Å². The van der Waals surface area contributed by atoms with Gasteiger partial charge in [0.25, 0.3) is 0 Å². The average Bonchev–Trinajstić information content (AvgIpc) is 2.41. The van der Waals surface area contributed by atoms with Crippen LogP contribution in [-0.4, -0.2) is 33.9 Å². The molecule has 20 heavy (non-hydrogen) atoms. The van der Waals surface area contributed by atoms with Crippen LogP contribution in [-0.2, 0) is 11.3 Å². The zero-order chi connectivity index (χ0) is 17.8. The van der Waals surface area contributed by atoms with Gasteiger partial charge in [-0.25, -0.2) is 4.79 Å². The van der Waals surface area contributed by atoms with Crippen LogP contribution in [0.1, 0.15) is 36.0 Å². The number of carbonyl (C=O) groups excluding carboxylic acids is 1. The van der Waals surface area contributed by atoms with Gasteiger partial charge in [-0.15, -0.1) is 0 Å². The highest BCUT2D eigenvalue weighted by molar-refractivity contribution is 6.69. The van der Waals surface area contributed by atoms with E-state index in [1.807, 2.05) is 0 Å². The first-order valence-electron chi connectivity index (χ1n) is 7.41. The lowest BCUT2D eigenvalue weighted by atomic mass is 10.1. The molecule has 0 aliphatic carbocycles. The third-order valence-electron chi connectivity index (χ3n) is 2.23. The summed E-state index contributed by atoms with van der Waals surface area (Å²) in [5.41, 5.74) is 0.240. The van der Waals surface area contributed by atoms with Crippen molar-refractivity contribution in [3.63, 3.8) is 0 Å². The first-order valence-corrected chi connectivity index (χ1v) is 6.29. The standard InChI is InChI=1S/C14H19ClN2O3/c1-14(2,3)20-13(18)17(4)9-10-5-7-11(8-6-10)12(15)16-19/h5-8,19H,9H2,1-4H3/i4D3. The molecule has 0 aliphatic rings. The van der Waals surface area contributed by atoms with E-state index in [9.17, 15) is 4.79 Å². The molecular formula is C14H19ClN2O3. The summed E-state index contributed by atoms with van der Waals surface area (Å²) in [6.45, 7) is 2.19. The maximum atomic E-state index is 12.1. The molecule has 0 saturated heterocycles. The molecule has 110 valence electrons. The van der Waals surface area contributed by atoms with Gasteiger partial charge in [-0.1, -0.05) is 41.0 Å². The minimum absolute atomic E-state index is 0.0867. The van der Waals surface area contributed by atoms with Crippen molar-refractivity contribution in [1.82, 2.24) is 4.90 Å². The molecule has 0 saturated carbocycles. The summed E-state index contributed by atoms with van der Waals surface area (Å²) in [5.74, 6) is 0. The van der Waals surface area contributed by atoms with E-state index in [1.165, 1.54) is 0 Å². The molecule has 1 aromatic rings. The third-order valence-corrected chi connectivity index (χ3v) is 2.53. The van der Waals surface area contributed by atoms with Crippen molar-refractivity contribution in [2.75, 3.05) is 6.98 Å². The fourth-order valence-corrected chi connectivity index (χ4v) is 1.50. The van der Waals surface area contributed by atoms with Crippen LogP contribution in [0.5, 0.6) is 0 Å². The Hall–Kier alpha value is -1.75. The topological polar surface area (TPSA) is 62.1 Å². The van der Waals surface area contributed by atoms with Crippen LogP contribution in [0.3, 0.4) is 0 Å². The Balaban J connectivity index is 2.96. The first-order chi connectivity index (χ1) is 10.4. The van der Waals surface area contributed by atoms with Gasteiger partial charge in [0.1, 0.15) is 5.60 Å². The normalized spacial score (nSPS) is 15.0. The summed E-state index contributed by atoms with van der Waals surface area (Å²) in [7, 11) is 0. The van der Waals surface area contributed by atoms with Crippen molar-refractivity contribution in [2.45, 2.75) is 32.9 Å². The number of benzene rings is 1. The number of halogens is 1. The number of hydrogen-bond donors (Lipinski definition) is 1. The number of ether oxygens (including phenoxy) is 1. The van der Waals surface area contributed by atoms with Gasteiger partial charge in [0.05, 0.1) is 0 Å². The summed E-state index contributed by atoms with van der Waals surface area (Å²) in [5, 5.41) is 11.4. The zero-order valence-electron chi connectivity index (χ0n) is 14.6. The Morgan fingerprint density at radius 3 is 2.50 bits per heavy atom. The highest BCUT2D eigenvalue weighted by atomic mass is 35.5. The maximum Gasteiger partial charge on any atom is 0.410 e. The van der Waals surface area contributed by atoms with E-state index in [0.29, 0.717) is 16.0 Å². The lowest BCUT2D eigenvalue weighted by molar-refractivity contribution is 0.0285. The van der Waals surface area contributed by atoms with Crippen molar-refractivity contribution in [1.29, 1.82) is 0 Å². The second-order valence-corrected chi connectivity index (χ2v) is 5.51. The number of amides is 1. The van der Waals surface area contributed by atoms with Crippen molar-refractivity contribution < 1.29 is 18.9 Å². The molecule has 0 atom stereocenters. The molecule has 0 spiro atoms. The third kappa shape index (κ3) is 5.09. The van der Waals surface area contributed by atoms with Crippen molar-refractivity contribution in [3.05, 3.63) is 35.4 Å². The van der Waals surface area contributed by atoms with Gasteiger partial charge in [-0.3, -0.25) is 0 Å². The summed E-state index contributed by atoms with van der Waals surface area (Å²) in [4.78, 5) is 12.8. The van der Waals surface area contributed by atoms with Gasteiger partial charge in [0.15, 0.2) is 5.17 Å². The quantitative estimate of drug-likeness (QED) is 0.528. The molecule has 0 aliphatic heterocycles. The summed E-state index contributed by atoms with van der Waals surface area (Å²) < 4.78 is 27.6. The smallest absolute Gasteiger partial charge is 0.410 e. The Morgan fingerprint density at radius 2 is 2.05 bits per heavy atom. The fourth-order valence-electron chi connectivity index (χ4n) is 1.37. The highest BCUT2D eigenvalue weighted by Gasteiger charge is 2.19. The Morgan fingerprint density at radius 1 is 1.45 bits per heavy atom. The second-order valence-electron chi connectivity index (χ2n) is 5.15. The summed E-state index contributed by atoms with van der Waals surface area (Å²) in [6, 6.07) is 6.30. The van der Waals surface area contributed by atoms with Crippen LogP contribution in [0.15, 0.2) is 29.4 Å². The molecule has 0 aromatic heterocycles. The molecule has 0 bridgehead atoms. The van der Waals surface area contributed by atoms with Gasteiger partial charge < -0.3 is 14.8 Å². The minimum Gasteiger partial charge on any atom is -0.444 e. The highest BCUT2D eigenvalue weighted by Crippen LogP contribution is 2.13. The summed E-state index contributed by atoms with van der Waals surface area (Å²) in [6.07, 6.45) is -0.920. The second kappa shape index (κ2) is 6.61. The van der Waals surface area contributed by atoms with Crippen molar-refractivity contribution in [2.24, 2.45) is 5.16 Å². The van der Waals surface area contributed by atoms with Crippen LogP contribution >= 0.6 is 11.6 Å². The van der Waals surface area contributed by atoms with Gasteiger partial charge >= 0.3 is 6.09 Å². The van der Waals surface area contributed by atoms with E-state index in [4.69, 9.17) is 25.7 Å². The van der Waals surface area contributed by atoms with Gasteiger partial charge in [0.2, 0.25) is 0 Å². The average molecular weight is 302 g/mol. The van der Waals surface area contributed by atoms with Crippen LogP contribution in [0, 0.1) is 0 Å². The lowest BCUT2D eigenvalue weighted by Gasteiger charge is -2.24. The Kier molecular flexibility index (Phi) is 3.97. The largest absolute Gasteiger partial charge is 0.444 e. The molecule has 5 nitrogen and oxygen atoms in total. The predicted octanol–water partition coefficient (Wildman–Crippen LogP) is 3.43. The Bertz CT molecular complexity index is 580. The first kappa shape index (κ1) is 12.0. The molecule has 0 fully saturated rings. The number of oxime groups is 1. The van der Waals surface area contributed by atoms with E-state index in [0.717, 1.165) is 0 Å². The molecular weight excluding hydrogens is 280 g/mol. The van der Waals surface area contributed by atoms with E-state index >= 15 is 0 Å². The predicted molar refractivity (Wildman–Crippen MR) is 78.3 cm³/mol. The van der Waals surface area contributed by atoms with E-state index < -0.39 is 18.7 Å². The van der Waals surface area contributed by atoms with E-state index in [1.54, 1.807) is 45.0 Å². The minimum atomic E-state index is -2.63. The molecule has 0 heterocycles. The lowest BCUT2D eigenvalue weighted by Crippen LogP contribution is -2.33. The number of carbonyl (C=O) groups is 1. The molecule has 1 rings (SSSR count). The van der Waals surface area contributed by atoms with Crippen LogP contribution in [0.25, 0.3) is 0 Å². The molecule has 1 N–H and O–H groups in total. The monoisotopic (exact) mass is 301 g/mol. The van der Waals surface area contributed by atoms with Crippen LogP contribution in [0.2, 0.25) is 0 Å². The van der Waals surface area contributed by atoms with Gasteiger partial charge in [-0.05, 0) is 26.3 Å². The Labute approximate surface area is 128 Å². The van der Waals surface area contributed by atoms with E-state index in [-0.39, 0.29) is 11.7 Å².